The van der Waals surface area contributed by atoms with E-state index in [2.05, 4.69) is 35.5 Å². The van der Waals surface area contributed by atoms with Crippen LogP contribution < -0.4 is 15.5 Å². The van der Waals surface area contributed by atoms with E-state index in [4.69, 9.17) is 0 Å². The summed E-state index contributed by atoms with van der Waals surface area (Å²) < 4.78 is 0. The zero-order chi connectivity index (χ0) is 13.8. The SMILES string of the molecule is CNc1nc(NCc2cncs2)nc(N2CCCC2)n1. The van der Waals surface area contributed by atoms with Gasteiger partial charge in [-0.3, -0.25) is 4.98 Å². The monoisotopic (exact) mass is 291 g/mol. The molecule has 0 unspecified atom stereocenters. The summed E-state index contributed by atoms with van der Waals surface area (Å²) in [5.41, 5.74) is 1.82. The van der Waals surface area contributed by atoms with Crippen LogP contribution in [0.3, 0.4) is 0 Å². The van der Waals surface area contributed by atoms with Crippen LogP contribution >= 0.6 is 11.3 Å². The van der Waals surface area contributed by atoms with E-state index in [9.17, 15) is 0 Å². The van der Waals surface area contributed by atoms with E-state index in [1.165, 1.54) is 12.8 Å². The Balaban J connectivity index is 1.76. The van der Waals surface area contributed by atoms with Gasteiger partial charge in [0.1, 0.15) is 0 Å². The van der Waals surface area contributed by atoms with E-state index in [0.717, 1.165) is 23.9 Å². The number of aromatic nitrogens is 4. The molecule has 2 N–H and O–H groups in total. The van der Waals surface area contributed by atoms with Gasteiger partial charge in [0.05, 0.1) is 12.1 Å². The highest BCUT2D eigenvalue weighted by Gasteiger charge is 2.17. The van der Waals surface area contributed by atoms with Crippen LogP contribution in [0, 0.1) is 0 Å². The summed E-state index contributed by atoms with van der Waals surface area (Å²) in [4.78, 5) is 20.7. The highest BCUT2D eigenvalue weighted by atomic mass is 32.1. The lowest BCUT2D eigenvalue weighted by molar-refractivity contribution is 0.879. The second-order valence-electron chi connectivity index (χ2n) is 4.55. The number of rotatable bonds is 5. The van der Waals surface area contributed by atoms with Gasteiger partial charge in [0, 0.05) is 31.2 Å². The van der Waals surface area contributed by atoms with Gasteiger partial charge in [-0.05, 0) is 12.8 Å². The van der Waals surface area contributed by atoms with Crippen LogP contribution in [0.1, 0.15) is 17.7 Å². The molecule has 0 radical (unpaired) electrons. The van der Waals surface area contributed by atoms with Crippen LogP contribution in [0.15, 0.2) is 11.7 Å². The van der Waals surface area contributed by atoms with Gasteiger partial charge in [-0.25, -0.2) is 0 Å². The molecule has 0 spiro atoms. The van der Waals surface area contributed by atoms with Crippen LogP contribution in [0.2, 0.25) is 0 Å². The molecule has 2 aromatic heterocycles. The fourth-order valence-corrected chi connectivity index (χ4v) is 2.64. The van der Waals surface area contributed by atoms with Crippen LogP contribution in [0.25, 0.3) is 0 Å². The van der Waals surface area contributed by atoms with Crippen molar-refractivity contribution in [2.75, 3.05) is 35.7 Å². The maximum atomic E-state index is 4.50. The number of hydrogen-bond donors (Lipinski definition) is 2. The molecule has 0 aromatic carbocycles. The minimum absolute atomic E-state index is 0.591. The van der Waals surface area contributed by atoms with E-state index in [1.807, 2.05) is 18.8 Å². The Labute approximate surface area is 121 Å². The Morgan fingerprint density at radius 1 is 1.20 bits per heavy atom. The van der Waals surface area contributed by atoms with E-state index in [0.29, 0.717) is 18.4 Å². The van der Waals surface area contributed by atoms with Crippen LogP contribution in [-0.2, 0) is 6.54 Å². The first-order chi connectivity index (χ1) is 9.85. The number of thiazole rings is 1. The number of hydrogen-bond acceptors (Lipinski definition) is 8. The summed E-state index contributed by atoms with van der Waals surface area (Å²) in [6, 6.07) is 0. The third kappa shape index (κ3) is 2.96. The van der Waals surface area contributed by atoms with Gasteiger partial charge >= 0.3 is 0 Å². The smallest absolute Gasteiger partial charge is 0.231 e. The predicted molar refractivity (Wildman–Crippen MR) is 80.3 cm³/mol. The van der Waals surface area contributed by atoms with Gasteiger partial charge < -0.3 is 15.5 Å². The normalized spacial score (nSPS) is 14.6. The molecular formula is C12H17N7S. The molecule has 106 valence electrons. The lowest BCUT2D eigenvalue weighted by Gasteiger charge is -2.16. The van der Waals surface area contributed by atoms with Crippen LogP contribution in [0.5, 0.6) is 0 Å². The third-order valence-corrected chi connectivity index (χ3v) is 3.92. The van der Waals surface area contributed by atoms with E-state index < -0.39 is 0 Å². The van der Waals surface area contributed by atoms with Crippen molar-refractivity contribution >= 4 is 29.2 Å². The van der Waals surface area contributed by atoms with Gasteiger partial charge in [-0.1, -0.05) is 0 Å². The molecule has 8 heteroatoms. The summed E-state index contributed by atoms with van der Waals surface area (Å²) in [7, 11) is 1.82. The minimum atomic E-state index is 0.591. The van der Waals surface area contributed by atoms with E-state index >= 15 is 0 Å². The first-order valence-electron chi connectivity index (χ1n) is 6.65. The van der Waals surface area contributed by atoms with E-state index in [-0.39, 0.29) is 0 Å². The molecule has 20 heavy (non-hydrogen) atoms. The molecule has 0 atom stereocenters. The summed E-state index contributed by atoms with van der Waals surface area (Å²) >= 11 is 1.61. The van der Waals surface area contributed by atoms with Crippen molar-refractivity contribution in [2.45, 2.75) is 19.4 Å². The minimum Gasteiger partial charge on any atom is -0.357 e. The lowest BCUT2D eigenvalue weighted by Crippen LogP contribution is -2.22. The maximum absolute atomic E-state index is 4.50. The lowest BCUT2D eigenvalue weighted by atomic mass is 10.4. The zero-order valence-electron chi connectivity index (χ0n) is 11.3. The van der Waals surface area contributed by atoms with E-state index in [1.54, 1.807) is 11.3 Å². The zero-order valence-corrected chi connectivity index (χ0v) is 12.2. The number of anilines is 3. The molecule has 1 aliphatic rings. The fourth-order valence-electron chi connectivity index (χ4n) is 2.11. The molecule has 2 aromatic rings. The Morgan fingerprint density at radius 3 is 2.70 bits per heavy atom. The van der Waals surface area contributed by atoms with Crippen LogP contribution in [-0.4, -0.2) is 40.1 Å². The molecular weight excluding hydrogens is 274 g/mol. The van der Waals surface area contributed by atoms with Crippen LogP contribution in [0.4, 0.5) is 17.8 Å². The molecule has 1 saturated heterocycles. The largest absolute Gasteiger partial charge is 0.357 e. The standard InChI is InChI=1S/C12H17N7S/c1-13-10-16-11(15-7-9-6-14-8-20-9)18-12(17-10)19-4-2-3-5-19/h6,8H,2-5,7H2,1H3,(H2,13,15,16,17,18). The van der Waals surface area contributed by atoms with Gasteiger partial charge in [-0.15, -0.1) is 11.3 Å². The Kier molecular flexibility index (Phi) is 3.91. The summed E-state index contributed by atoms with van der Waals surface area (Å²) in [6.45, 7) is 2.71. The molecule has 0 bridgehead atoms. The Hall–Kier alpha value is -1.96. The molecule has 0 saturated carbocycles. The number of nitrogens with one attached hydrogen (secondary N) is 2. The average molecular weight is 291 g/mol. The molecule has 1 fully saturated rings. The van der Waals surface area contributed by atoms with Gasteiger partial charge in [0.2, 0.25) is 17.8 Å². The molecule has 0 aliphatic carbocycles. The topological polar surface area (TPSA) is 78.9 Å². The third-order valence-electron chi connectivity index (χ3n) is 3.14. The molecule has 1 aliphatic heterocycles. The summed E-state index contributed by atoms with van der Waals surface area (Å²) in [6.07, 6.45) is 4.24. The van der Waals surface area contributed by atoms with Crippen molar-refractivity contribution in [3.05, 3.63) is 16.6 Å². The molecule has 7 nitrogen and oxygen atoms in total. The number of nitrogens with zero attached hydrogens (tertiary/aromatic N) is 5. The van der Waals surface area contributed by atoms with Gasteiger partial charge in [0.15, 0.2) is 0 Å². The first-order valence-corrected chi connectivity index (χ1v) is 7.53. The van der Waals surface area contributed by atoms with Crippen molar-refractivity contribution in [1.82, 2.24) is 19.9 Å². The predicted octanol–water partition coefficient (Wildman–Crippen LogP) is 1.58. The average Bonchev–Trinajstić information content (AvgIpc) is 3.17. The molecule has 3 rings (SSSR count). The highest BCUT2D eigenvalue weighted by molar-refractivity contribution is 7.09. The van der Waals surface area contributed by atoms with Crippen molar-refractivity contribution < 1.29 is 0 Å². The Bertz CT molecular complexity index is 551. The summed E-state index contributed by atoms with van der Waals surface area (Å²) in [5, 5.41) is 6.21. The Morgan fingerprint density at radius 2 is 2.00 bits per heavy atom. The quantitative estimate of drug-likeness (QED) is 0.866. The van der Waals surface area contributed by atoms with Crippen molar-refractivity contribution in [2.24, 2.45) is 0 Å². The van der Waals surface area contributed by atoms with Crippen molar-refractivity contribution in [3.63, 3.8) is 0 Å². The highest BCUT2D eigenvalue weighted by Crippen LogP contribution is 2.19. The molecule has 0 amide bonds. The second-order valence-corrected chi connectivity index (χ2v) is 5.52. The fraction of sp³-hybridized carbons (Fsp3) is 0.500. The van der Waals surface area contributed by atoms with Gasteiger partial charge in [0.25, 0.3) is 0 Å². The maximum Gasteiger partial charge on any atom is 0.231 e. The van der Waals surface area contributed by atoms with Crippen molar-refractivity contribution in [3.8, 4) is 0 Å². The summed E-state index contributed by atoms with van der Waals surface area (Å²) in [5.74, 6) is 1.93. The molecule has 3 heterocycles. The van der Waals surface area contributed by atoms with Gasteiger partial charge in [-0.2, -0.15) is 15.0 Å². The van der Waals surface area contributed by atoms with Crippen molar-refractivity contribution in [1.29, 1.82) is 0 Å². The second kappa shape index (κ2) is 6.00. The first kappa shape index (κ1) is 13.0.